The van der Waals surface area contributed by atoms with E-state index in [1.54, 1.807) is 19.9 Å². The number of hydrogen-bond donors (Lipinski definition) is 2. The van der Waals surface area contributed by atoms with Crippen molar-refractivity contribution in [2.45, 2.75) is 45.4 Å². The molecule has 0 saturated heterocycles. The number of benzene rings is 1. The molecule has 0 heterocycles. The Kier molecular flexibility index (Phi) is 4.48. The quantitative estimate of drug-likeness (QED) is 0.880. The molecule has 0 saturated carbocycles. The van der Waals surface area contributed by atoms with Gasteiger partial charge in [-0.05, 0) is 51.5 Å². The zero-order valence-corrected chi connectivity index (χ0v) is 12.2. The number of rotatable bonds is 4. The van der Waals surface area contributed by atoms with Crippen molar-refractivity contribution in [3.05, 3.63) is 33.8 Å². The van der Waals surface area contributed by atoms with Crippen LogP contribution in [0.4, 0.5) is 0 Å². The van der Waals surface area contributed by atoms with Crippen molar-refractivity contribution in [1.29, 1.82) is 0 Å². The summed E-state index contributed by atoms with van der Waals surface area (Å²) in [5.74, 6) is 0. The highest BCUT2D eigenvalue weighted by Crippen LogP contribution is 2.23. The van der Waals surface area contributed by atoms with Crippen LogP contribution in [0.2, 0.25) is 10.0 Å². The van der Waals surface area contributed by atoms with E-state index in [9.17, 15) is 5.11 Å². The van der Waals surface area contributed by atoms with Crippen molar-refractivity contribution in [1.82, 2.24) is 5.32 Å². The van der Waals surface area contributed by atoms with Crippen LogP contribution in [0.25, 0.3) is 0 Å². The standard InChI is InChI=1S/C13H19Cl2NO/c1-12(2,13(3,4)17)16-8-9-5-10(14)7-11(15)6-9/h5-7,16-17H,8H2,1-4H3. The van der Waals surface area contributed by atoms with Crippen molar-refractivity contribution in [2.75, 3.05) is 0 Å². The summed E-state index contributed by atoms with van der Waals surface area (Å²) in [5.41, 5.74) is -0.211. The molecule has 0 aromatic heterocycles. The van der Waals surface area contributed by atoms with Crippen LogP contribution in [-0.4, -0.2) is 16.2 Å². The van der Waals surface area contributed by atoms with Crippen molar-refractivity contribution >= 4 is 23.2 Å². The third-order valence-corrected chi connectivity index (χ3v) is 3.62. The molecule has 1 rings (SSSR count). The van der Waals surface area contributed by atoms with E-state index in [0.717, 1.165) is 5.56 Å². The van der Waals surface area contributed by atoms with E-state index in [1.165, 1.54) is 0 Å². The molecule has 96 valence electrons. The Balaban J connectivity index is 2.74. The van der Waals surface area contributed by atoms with Crippen LogP contribution in [0, 0.1) is 0 Å². The summed E-state index contributed by atoms with van der Waals surface area (Å²) in [4.78, 5) is 0. The lowest BCUT2D eigenvalue weighted by Crippen LogP contribution is -2.55. The fraction of sp³-hybridized carbons (Fsp3) is 0.538. The van der Waals surface area contributed by atoms with Crippen molar-refractivity contribution in [3.8, 4) is 0 Å². The first-order valence-electron chi connectivity index (χ1n) is 5.54. The maximum Gasteiger partial charge on any atom is 0.0767 e. The molecule has 1 aromatic carbocycles. The third kappa shape index (κ3) is 4.14. The van der Waals surface area contributed by atoms with Gasteiger partial charge in [0.2, 0.25) is 0 Å². The summed E-state index contributed by atoms with van der Waals surface area (Å²) in [5, 5.41) is 14.6. The number of nitrogens with one attached hydrogen (secondary N) is 1. The van der Waals surface area contributed by atoms with E-state index in [4.69, 9.17) is 23.2 Å². The van der Waals surface area contributed by atoms with E-state index in [1.807, 2.05) is 26.0 Å². The molecule has 1 aromatic rings. The molecule has 4 heteroatoms. The lowest BCUT2D eigenvalue weighted by atomic mass is 9.86. The highest BCUT2D eigenvalue weighted by Gasteiger charge is 2.34. The summed E-state index contributed by atoms with van der Waals surface area (Å²) < 4.78 is 0. The highest BCUT2D eigenvalue weighted by molar-refractivity contribution is 6.34. The van der Waals surface area contributed by atoms with Gasteiger partial charge in [0.05, 0.1) is 5.60 Å². The zero-order valence-electron chi connectivity index (χ0n) is 10.6. The molecule has 0 unspecified atom stereocenters. The van der Waals surface area contributed by atoms with Gasteiger partial charge in [0.25, 0.3) is 0 Å². The van der Waals surface area contributed by atoms with E-state index in [-0.39, 0.29) is 0 Å². The largest absolute Gasteiger partial charge is 0.389 e. The maximum absolute atomic E-state index is 10.0. The normalized spacial score (nSPS) is 12.9. The molecule has 2 N–H and O–H groups in total. The predicted octanol–water partition coefficient (Wildman–Crippen LogP) is 3.63. The van der Waals surface area contributed by atoms with E-state index >= 15 is 0 Å². The van der Waals surface area contributed by atoms with Gasteiger partial charge < -0.3 is 10.4 Å². The summed E-state index contributed by atoms with van der Waals surface area (Å²) in [6.45, 7) is 8.09. The van der Waals surface area contributed by atoms with Gasteiger partial charge in [0, 0.05) is 22.1 Å². The first kappa shape index (κ1) is 14.8. The Bertz CT molecular complexity index is 377. The van der Waals surface area contributed by atoms with Gasteiger partial charge in [0.1, 0.15) is 0 Å². The van der Waals surface area contributed by atoms with Gasteiger partial charge in [-0.3, -0.25) is 0 Å². The average molecular weight is 276 g/mol. The SMILES string of the molecule is CC(C)(O)C(C)(C)NCc1cc(Cl)cc(Cl)c1. The molecule has 0 radical (unpaired) electrons. The Morgan fingerprint density at radius 1 is 1.06 bits per heavy atom. The minimum atomic E-state index is -0.810. The molecular formula is C13H19Cl2NO. The van der Waals surface area contributed by atoms with E-state index in [2.05, 4.69) is 5.32 Å². The molecule has 0 fully saturated rings. The van der Waals surface area contributed by atoms with Gasteiger partial charge in [0.15, 0.2) is 0 Å². The minimum Gasteiger partial charge on any atom is -0.389 e. The second-order valence-corrected chi connectivity index (χ2v) is 6.19. The smallest absolute Gasteiger partial charge is 0.0767 e. The Hall–Kier alpha value is -0.280. The second-order valence-electron chi connectivity index (χ2n) is 5.32. The van der Waals surface area contributed by atoms with Crippen LogP contribution in [0.1, 0.15) is 33.3 Å². The predicted molar refractivity (Wildman–Crippen MR) is 73.7 cm³/mol. The average Bonchev–Trinajstić information content (AvgIpc) is 2.11. The summed E-state index contributed by atoms with van der Waals surface area (Å²) >= 11 is 11.9. The molecule has 0 aliphatic heterocycles. The van der Waals surface area contributed by atoms with Crippen molar-refractivity contribution in [2.24, 2.45) is 0 Å². The Morgan fingerprint density at radius 2 is 1.53 bits per heavy atom. The van der Waals surface area contributed by atoms with Gasteiger partial charge in [-0.1, -0.05) is 23.2 Å². The molecular weight excluding hydrogens is 257 g/mol. The molecule has 0 atom stereocenters. The van der Waals surface area contributed by atoms with Gasteiger partial charge >= 0.3 is 0 Å². The van der Waals surface area contributed by atoms with Crippen LogP contribution in [0.15, 0.2) is 18.2 Å². The highest BCUT2D eigenvalue weighted by atomic mass is 35.5. The molecule has 0 aliphatic rings. The Labute approximate surface area is 113 Å². The van der Waals surface area contributed by atoms with Crippen LogP contribution in [0.3, 0.4) is 0 Å². The second kappa shape index (κ2) is 5.15. The summed E-state index contributed by atoms with van der Waals surface area (Å²) in [6, 6.07) is 5.43. The van der Waals surface area contributed by atoms with E-state index in [0.29, 0.717) is 16.6 Å². The fourth-order valence-electron chi connectivity index (χ4n) is 1.25. The first-order chi connectivity index (χ1) is 7.62. The molecule has 0 spiro atoms. The number of aliphatic hydroxyl groups is 1. The molecule has 0 amide bonds. The lowest BCUT2D eigenvalue weighted by molar-refractivity contribution is -0.00531. The monoisotopic (exact) mass is 275 g/mol. The topological polar surface area (TPSA) is 32.3 Å². The maximum atomic E-state index is 10.0. The van der Waals surface area contributed by atoms with Gasteiger partial charge in [-0.2, -0.15) is 0 Å². The summed E-state index contributed by atoms with van der Waals surface area (Å²) in [7, 11) is 0. The van der Waals surface area contributed by atoms with E-state index < -0.39 is 11.1 Å². The van der Waals surface area contributed by atoms with Crippen LogP contribution >= 0.6 is 23.2 Å². The molecule has 17 heavy (non-hydrogen) atoms. The molecule has 2 nitrogen and oxygen atoms in total. The summed E-state index contributed by atoms with van der Waals surface area (Å²) in [6.07, 6.45) is 0. The first-order valence-corrected chi connectivity index (χ1v) is 6.30. The minimum absolute atomic E-state index is 0.401. The van der Waals surface area contributed by atoms with Crippen LogP contribution in [-0.2, 0) is 6.54 Å². The fourth-order valence-corrected chi connectivity index (χ4v) is 1.82. The molecule has 0 bridgehead atoms. The zero-order chi connectivity index (χ0) is 13.3. The van der Waals surface area contributed by atoms with Crippen molar-refractivity contribution in [3.63, 3.8) is 0 Å². The van der Waals surface area contributed by atoms with Gasteiger partial charge in [-0.25, -0.2) is 0 Å². The number of halogens is 2. The van der Waals surface area contributed by atoms with Crippen LogP contribution < -0.4 is 5.32 Å². The van der Waals surface area contributed by atoms with Crippen molar-refractivity contribution < 1.29 is 5.11 Å². The van der Waals surface area contributed by atoms with Crippen LogP contribution in [0.5, 0.6) is 0 Å². The van der Waals surface area contributed by atoms with Gasteiger partial charge in [-0.15, -0.1) is 0 Å². The molecule has 0 aliphatic carbocycles. The third-order valence-electron chi connectivity index (χ3n) is 3.19. The Morgan fingerprint density at radius 3 is 1.94 bits per heavy atom. The lowest BCUT2D eigenvalue weighted by Gasteiger charge is -2.38. The number of hydrogen-bond acceptors (Lipinski definition) is 2.